The van der Waals surface area contributed by atoms with E-state index in [-0.39, 0.29) is 17.8 Å². The van der Waals surface area contributed by atoms with Gasteiger partial charge in [0, 0.05) is 43.6 Å². The lowest BCUT2D eigenvalue weighted by molar-refractivity contribution is 0.0512. The van der Waals surface area contributed by atoms with E-state index in [9.17, 15) is 9.18 Å². The number of ether oxygens (including phenoxy) is 1. The molecule has 0 unspecified atom stereocenters. The topological polar surface area (TPSA) is 45.7 Å². The van der Waals surface area contributed by atoms with Crippen LogP contribution in [-0.4, -0.2) is 67.1 Å². The Bertz CT molecular complexity index is 758. The van der Waals surface area contributed by atoms with E-state index in [1.807, 2.05) is 19.0 Å². The first-order valence-electron chi connectivity index (χ1n) is 9.31. The maximum atomic E-state index is 13.9. The largest absolute Gasteiger partial charge is 0.376 e. The summed E-state index contributed by atoms with van der Waals surface area (Å²) >= 11 is 0. The van der Waals surface area contributed by atoms with Crippen molar-refractivity contribution in [3.8, 4) is 11.3 Å². The van der Waals surface area contributed by atoms with E-state index < -0.39 is 0 Å². The molecule has 1 saturated heterocycles. The van der Waals surface area contributed by atoms with Crippen molar-refractivity contribution < 1.29 is 13.9 Å². The molecule has 0 bridgehead atoms. The minimum absolute atomic E-state index is 0.0274. The fraction of sp³-hybridized carbons (Fsp3) is 0.429. The number of amides is 1. The van der Waals surface area contributed by atoms with Crippen LogP contribution in [0.4, 0.5) is 4.39 Å². The highest BCUT2D eigenvalue weighted by atomic mass is 19.1. The van der Waals surface area contributed by atoms with Crippen molar-refractivity contribution in [2.75, 3.05) is 40.3 Å². The molecule has 27 heavy (non-hydrogen) atoms. The van der Waals surface area contributed by atoms with Crippen molar-refractivity contribution >= 4 is 5.91 Å². The second kappa shape index (κ2) is 9.06. The summed E-state index contributed by atoms with van der Waals surface area (Å²) in [6.45, 7) is 2.80. The molecule has 2 heterocycles. The second-order valence-electron chi connectivity index (χ2n) is 7.10. The van der Waals surface area contributed by atoms with Crippen LogP contribution in [0.5, 0.6) is 0 Å². The molecule has 144 valence electrons. The number of aromatic nitrogens is 1. The Labute approximate surface area is 159 Å². The van der Waals surface area contributed by atoms with Crippen molar-refractivity contribution in [2.24, 2.45) is 0 Å². The Hall–Kier alpha value is -2.31. The van der Waals surface area contributed by atoms with Crippen molar-refractivity contribution in [3.63, 3.8) is 0 Å². The van der Waals surface area contributed by atoms with Gasteiger partial charge in [0.1, 0.15) is 11.5 Å². The summed E-state index contributed by atoms with van der Waals surface area (Å²) in [5, 5.41) is 0. The Balaban J connectivity index is 1.75. The van der Waals surface area contributed by atoms with E-state index in [0.717, 1.165) is 26.0 Å². The molecule has 0 spiro atoms. The number of hydrogen-bond acceptors (Lipinski definition) is 4. The van der Waals surface area contributed by atoms with E-state index in [4.69, 9.17) is 4.74 Å². The Morgan fingerprint density at radius 2 is 2.00 bits per heavy atom. The van der Waals surface area contributed by atoms with E-state index in [1.165, 1.54) is 6.07 Å². The summed E-state index contributed by atoms with van der Waals surface area (Å²) in [5.41, 5.74) is 1.54. The summed E-state index contributed by atoms with van der Waals surface area (Å²) in [5.74, 6) is -0.400. The van der Waals surface area contributed by atoms with Crippen LogP contribution in [0.2, 0.25) is 0 Å². The number of hydrogen-bond donors (Lipinski definition) is 0. The monoisotopic (exact) mass is 371 g/mol. The first kappa shape index (κ1) is 19.5. The van der Waals surface area contributed by atoms with Gasteiger partial charge in [-0.15, -0.1) is 0 Å². The lowest BCUT2D eigenvalue weighted by Crippen LogP contribution is -2.41. The van der Waals surface area contributed by atoms with Gasteiger partial charge in [-0.3, -0.25) is 9.78 Å². The van der Waals surface area contributed by atoms with E-state index in [0.29, 0.717) is 29.9 Å². The van der Waals surface area contributed by atoms with Crippen LogP contribution in [-0.2, 0) is 4.74 Å². The van der Waals surface area contributed by atoms with Gasteiger partial charge in [-0.25, -0.2) is 4.39 Å². The number of carbonyl (C=O) groups excluding carboxylic acids is 1. The number of likely N-dealkylation sites (N-methyl/N-ethyl adjacent to an activating group) is 1. The molecule has 1 atom stereocenters. The molecule has 5 nitrogen and oxygen atoms in total. The van der Waals surface area contributed by atoms with Crippen LogP contribution < -0.4 is 0 Å². The Morgan fingerprint density at radius 1 is 1.22 bits per heavy atom. The molecule has 0 radical (unpaired) electrons. The normalized spacial score (nSPS) is 16.7. The number of benzene rings is 1. The number of rotatable bonds is 7. The number of halogens is 1. The molecule has 6 heteroatoms. The molecule has 1 aliphatic heterocycles. The average molecular weight is 371 g/mol. The summed E-state index contributed by atoms with van der Waals surface area (Å²) in [4.78, 5) is 21.0. The summed E-state index contributed by atoms with van der Waals surface area (Å²) < 4.78 is 19.6. The molecule has 1 fully saturated rings. The highest BCUT2D eigenvalue weighted by molar-refractivity contribution is 5.94. The lowest BCUT2D eigenvalue weighted by atomic mass is 10.1. The highest BCUT2D eigenvalue weighted by Gasteiger charge is 2.23. The van der Waals surface area contributed by atoms with Crippen LogP contribution in [0, 0.1) is 5.82 Å². The first-order chi connectivity index (χ1) is 13.0. The van der Waals surface area contributed by atoms with Crippen LogP contribution in [0.25, 0.3) is 11.3 Å². The van der Waals surface area contributed by atoms with Crippen molar-refractivity contribution in [1.29, 1.82) is 0 Å². The standard InChI is InChI=1S/C21H26FN3O2/c1-24(2)12-13-25(15-18-5-4-14-27-18)21(26)17-9-7-16(8-10-17)20-19(22)6-3-11-23-20/h3,6-11,18H,4-5,12-15H2,1-2H3/t18-/m1/s1. The zero-order valence-electron chi connectivity index (χ0n) is 15.9. The lowest BCUT2D eigenvalue weighted by Gasteiger charge is -2.27. The fourth-order valence-corrected chi connectivity index (χ4v) is 3.18. The van der Waals surface area contributed by atoms with Gasteiger partial charge in [0.2, 0.25) is 0 Å². The Morgan fingerprint density at radius 3 is 2.63 bits per heavy atom. The summed E-state index contributed by atoms with van der Waals surface area (Å²) in [7, 11) is 3.98. The van der Waals surface area contributed by atoms with Gasteiger partial charge in [0.05, 0.1) is 6.10 Å². The minimum Gasteiger partial charge on any atom is -0.376 e. The molecule has 1 aliphatic rings. The fourth-order valence-electron chi connectivity index (χ4n) is 3.18. The third kappa shape index (κ3) is 5.11. The SMILES string of the molecule is CN(C)CCN(C[C@H]1CCCO1)C(=O)c1ccc(-c2ncccc2F)cc1. The van der Waals surface area contributed by atoms with E-state index >= 15 is 0 Å². The smallest absolute Gasteiger partial charge is 0.253 e. The van der Waals surface area contributed by atoms with Crippen LogP contribution >= 0.6 is 0 Å². The van der Waals surface area contributed by atoms with Crippen molar-refractivity contribution in [1.82, 2.24) is 14.8 Å². The quantitative estimate of drug-likeness (QED) is 0.750. The zero-order chi connectivity index (χ0) is 19.2. The van der Waals surface area contributed by atoms with Gasteiger partial charge >= 0.3 is 0 Å². The molecular formula is C21H26FN3O2. The number of pyridine rings is 1. The van der Waals surface area contributed by atoms with Crippen LogP contribution in [0.15, 0.2) is 42.6 Å². The van der Waals surface area contributed by atoms with Gasteiger partial charge in [-0.1, -0.05) is 12.1 Å². The molecule has 0 N–H and O–H groups in total. The van der Waals surface area contributed by atoms with Gasteiger partial charge in [-0.2, -0.15) is 0 Å². The van der Waals surface area contributed by atoms with Crippen molar-refractivity contribution in [2.45, 2.75) is 18.9 Å². The third-order valence-electron chi connectivity index (χ3n) is 4.72. The van der Waals surface area contributed by atoms with E-state index in [2.05, 4.69) is 9.88 Å². The predicted octanol–water partition coefficient (Wildman–Crippen LogP) is 3.07. The summed E-state index contributed by atoms with van der Waals surface area (Å²) in [6.07, 6.45) is 3.70. The van der Waals surface area contributed by atoms with Gasteiger partial charge < -0.3 is 14.5 Å². The van der Waals surface area contributed by atoms with Gasteiger partial charge in [0.15, 0.2) is 0 Å². The van der Waals surface area contributed by atoms with Gasteiger partial charge in [0.25, 0.3) is 5.91 Å². The van der Waals surface area contributed by atoms with Crippen LogP contribution in [0.3, 0.4) is 0 Å². The van der Waals surface area contributed by atoms with Crippen LogP contribution in [0.1, 0.15) is 23.2 Å². The maximum Gasteiger partial charge on any atom is 0.253 e. The molecule has 0 aliphatic carbocycles. The van der Waals surface area contributed by atoms with Gasteiger partial charge in [-0.05, 0) is 51.2 Å². The molecule has 3 rings (SSSR count). The van der Waals surface area contributed by atoms with E-state index in [1.54, 1.807) is 36.5 Å². The molecule has 1 aromatic carbocycles. The zero-order valence-corrected chi connectivity index (χ0v) is 15.9. The molecule has 2 aromatic rings. The number of nitrogens with zero attached hydrogens (tertiary/aromatic N) is 3. The predicted molar refractivity (Wildman–Crippen MR) is 103 cm³/mol. The molecule has 1 aromatic heterocycles. The third-order valence-corrected chi connectivity index (χ3v) is 4.72. The van der Waals surface area contributed by atoms with Crippen molar-refractivity contribution in [3.05, 3.63) is 54.0 Å². The molecule has 0 saturated carbocycles. The second-order valence-corrected chi connectivity index (χ2v) is 7.10. The first-order valence-corrected chi connectivity index (χ1v) is 9.31. The highest BCUT2D eigenvalue weighted by Crippen LogP contribution is 2.21. The average Bonchev–Trinajstić information content (AvgIpc) is 3.18. The minimum atomic E-state index is -0.373. The molecular weight excluding hydrogens is 345 g/mol. The summed E-state index contributed by atoms with van der Waals surface area (Å²) in [6, 6.07) is 9.91. The Kier molecular flexibility index (Phi) is 6.53. The maximum absolute atomic E-state index is 13.9. The number of carbonyl (C=O) groups is 1. The molecule has 1 amide bonds.